The lowest BCUT2D eigenvalue weighted by atomic mass is 9.76. The van der Waals surface area contributed by atoms with Gasteiger partial charge in [0.05, 0.1) is 11.1 Å². The standard InChI is InChI=1S/C15H19FN2O3/c1-9-3-2-6-15(17,8-9)14(21)18-10-4-5-12(16)11(7-10)13(19)20/h4-5,7,9H,2-3,6,8,17H2,1H3,(H,18,21)(H,19,20). The van der Waals surface area contributed by atoms with E-state index in [1.807, 2.05) is 0 Å². The van der Waals surface area contributed by atoms with Crippen LogP contribution in [0.2, 0.25) is 0 Å². The number of nitrogens with two attached hydrogens (primary N) is 1. The third kappa shape index (κ3) is 3.39. The van der Waals surface area contributed by atoms with E-state index in [2.05, 4.69) is 12.2 Å². The number of carboxylic acids is 1. The van der Waals surface area contributed by atoms with Gasteiger partial charge in [-0.2, -0.15) is 0 Å². The van der Waals surface area contributed by atoms with Gasteiger partial charge in [0.1, 0.15) is 5.82 Å². The van der Waals surface area contributed by atoms with Gasteiger partial charge in [0.25, 0.3) is 0 Å². The predicted molar refractivity (Wildman–Crippen MR) is 76.5 cm³/mol. The fourth-order valence-electron chi connectivity index (χ4n) is 2.82. The zero-order valence-electron chi connectivity index (χ0n) is 11.9. The van der Waals surface area contributed by atoms with E-state index < -0.39 is 22.9 Å². The average molecular weight is 294 g/mol. The Morgan fingerprint density at radius 1 is 1.48 bits per heavy atom. The first-order valence-electron chi connectivity index (χ1n) is 6.95. The molecule has 1 fully saturated rings. The minimum absolute atomic E-state index is 0.238. The number of rotatable bonds is 3. The van der Waals surface area contributed by atoms with Crippen LogP contribution >= 0.6 is 0 Å². The van der Waals surface area contributed by atoms with Crippen molar-refractivity contribution in [3.05, 3.63) is 29.6 Å². The Bertz CT molecular complexity index is 576. The van der Waals surface area contributed by atoms with E-state index in [4.69, 9.17) is 10.8 Å². The smallest absolute Gasteiger partial charge is 0.338 e. The number of hydrogen-bond donors (Lipinski definition) is 3. The largest absolute Gasteiger partial charge is 0.478 e. The highest BCUT2D eigenvalue weighted by Crippen LogP contribution is 2.31. The molecule has 5 nitrogen and oxygen atoms in total. The van der Waals surface area contributed by atoms with Crippen molar-refractivity contribution in [2.24, 2.45) is 11.7 Å². The Kier molecular flexibility index (Phi) is 4.27. The fourth-order valence-corrected chi connectivity index (χ4v) is 2.82. The molecule has 2 atom stereocenters. The number of anilines is 1. The summed E-state index contributed by atoms with van der Waals surface area (Å²) in [7, 11) is 0. The van der Waals surface area contributed by atoms with E-state index in [0.29, 0.717) is 18.8 Å². The minimum Gasteiger partial charge on any atom is -0.478 e. The van der Waals surface area contributed by atoms with Gasteiger partial charge in [0.2, 0.25) is 5.91 Å². The van der Waals surface area contributed by atoms with Crippen molar-refractivity contribution in [1.29, 1.82) is 0 Å². The number of hydrogen-bond acceptors (Lipinski definition) is 3. The first kappa shape index (κ1) is 15.4. The second kappa shape index (κ2) is 5.81. The normalized spacial score (nSPS) is 25.4. The molecule has 1 aliphatic rings. The molecule has 0 saturated heterocycles. The summed E-state index contributed by atoms with van der Waals surface area (Å²) in [5, 5.41) is 11.5. The van der Waals surface area contributed by atoms with E-state index in [9.17, 15) is 14.0 Å². The van der Waals surface area contributed by atoms with E-state index in [1.54, 1.807) is 0 Å². The van der Waals surface area contributed by atoms with Gasteiger partial charge in [-0.25, -0.2) is 9.18 Å². The summed E-state index contributed by atoms with van der Waals surface area (Å²) in [5.74, 6) is -2.19. The van der Waals surface area contributed by atoms with Crippen LogP contribution in [0.5, 0.6) is 0 Å². The molecule has 6 heteroatoms. The van der Waals surface area contributed by atoms with Crippen LogP contribution in [0.1, 0.15) is 43.0 Å². The molecule has 0 spiro atoms. The number of carbonyl (C=O) groups is 2. The Balaban J connectivity index is 2.16. The molecule has 0 aliphatic heterocycles. The van der Waals surface area contributed by atoms with Crippen LogP contribution in [0, 0.1) is 11.7 Å². The molecular weight excluding hydrogens is 275 g/mol. The van der Waals surface area contributed by atoms with Crippen molar-refractivity contribution >= 4 is 17.6 Å². The molecule has 0 radical (unpaired) electrons. The Labute approximate surface area is 122 Å². The maximum atomic E-state index is 13.3. The van der Waals surface area contributed by atoms with Gasteiger partial charge in [0.15, 0.2) is 0 Å². The Hall–Kier alpha value is -1.95. The summed E-state index contributed by atoms with van der Waals surface area (Å²) in [5.41, 5.74) is 4.98. The van der Waals surface area contributed by atoms with E-state index in [1.165, 1.54) is 6.07 Å². The molecule has 1 aromatic rings. The molecule has 2 unspecified atom stereocenters. The van der Waals surface area contributed by atoms with Crippen LogP contribution in [0.15, 0.2) is 18.2 Å². The van der Waals surface area contributed by atoms with Crippen LogP contribution in [-0.2, 0) is 4.79 Å². The summed E-state index contributed by atoms with van der Waals surface area (Å²) < 4.78 is 13.3. The highest BCUT2D eigenvalue weighted by atomic mass is 19.1. The number of halogens is 1. The summed E-state index contributed by atoms with van der Waals surface area (Å²) in [6.07, 6.45) is 3.11. The maximum absolute atomic E-state index is 13.3. The molecule has 1 saturated carbocycles. The molecular formula is C15H19FN2O3. The SMILES string of the molecule is CC1CCCC(N)(C(=O)Nc2ccc(F)c(C(=O)O)c2)C1. The third-order valence-corrected chi connectivity index (χ3v) is 3.94. The summed E-state index contributed by atoms with van der Waals surface area (Å²) in [6, 6.07) is 3.45. The van der Waals surface area contributed by atoms with Crippen LogP contribution in [0.25, 0.3) is 0 Å². The summed E-state index contributed by atoms with van der Waals surface area (Å²) in [6.45, 7) is 2.05. The van der Waals surface area contributed by atoms with Crippen LogP contribution in [-0.4, -0.2) is 22.5 Å². The van der Waals surface area contributed by atoms with Gasteiger partial charge in [0, 0.05) is 5.69 Å². The van der Waals surface area contributed by atoms with Gasteiger partial charge >= 0.3 is 5.97 Å². The Morgan fingerprint density at radius 2 is 2.19 bits per heavy atom. The monoisotopic (exact) mass is 294 g/mol. The first-order valence-corrected chi connectivity index (χ1v) is 6.95. The minimum atomic E-state index is -1.38. The Morgan fingerprint density at radius 3 is 2.81 bits per heavy atom. The molecule has 114 valence electrons. The molecule has 1 amide bonds. The number of amides is 1. The lowest BCUT2D eigenvalue weighted by Crippen LogP contribution is -2.53. The molecule has 1 aliphatic carbocycles. The summed E-state index contributed by atoms with van der Waals surface area (Å²) in [4.78, 5) is 23.2. The van der Waals surface area contributed by atoms with Gasteiger partial charge in [-0.1, -0.05) is 19.8 Å². The molecule has 21 heavy (non-hydrogen) atoms. The molecule has 0 aromatic heterocycles. The first-order chi connectivity index (χ1) is 9.82. The number of carbonyl (C=O) groups excluding carboxylic acids is 1. The van der Waals surface area contributed by atoms with Crippen molar-refractivity contribution in [3.8, 4) is 0 Å². The molecule has 0 heterocycles. The quantitative estimate of drug-likeness (QED) is 0.798. The zero-order valence-corrected chi connectivity index (χ0v) is 11.9. The maximum Gasteiger partial charge on any atom is 0.338 e. The number of nitrogens with one attached hydrogen (secondary N) is 1. The second-order valence-corrected chi connectivity index (χ2v) is 5.81. The van der Waals surface area contributed by atoms with Crippen molar-refractivity contribution < 1.29 is 19.1 Å². The number of benzene rings is 1. The molecule has 2 rings (SSSR count). The van der Waals surface area contributed by atoms with Crippen LogP contribution in [0.3, 0.4) is 0 Å². The highest BCUT2D eigenvalue weighted by molar-refractivity contribution is 5.99. The van der Waals surface area contributed by atoms with Crippen molar-refractivity contribution in [2.75, 3.05) is 5.32 Å². The zero-order chi connectivity index (χ0) is 15.6. The lowest BCUT2D eigenvalue weighted by Gasteiger charge is -2.35. The lowest BCUT2D eigenvalue weighted by molar-refractivity contribution is -0.122. The molecule has 4 N–H and O–H groups in total. The van der Waals surface area contributed by atoms with E-state index in [0.717, 1.165) is 25.0 Å². The van der Waals surface area contributed by atoms with Crippen LogP contribution < -0.4 is 11.1 Å². The second-order valence-electron chi connectivity index (χ2n) is 5.81. The number of carboxylic acid groups (broad SMARTS) is 1. The van der Waals surface area contributed by atoms with Gasteiger partial charge in [-0.15, -0.1) is 0 Å². The number of aromatic carboxylic acids is 1. The molecule has 1 aromatic carbocycles. The van der Waals surface area contributed by atoms with E-state index in [-0.39, 0.29) is 11.6 Å². The predicted octanol–water partition coefficient (Wildman–Crippen LogP) is 2.37. The van der Waals surface area contributed by atoms with E-state index >= 15 is 0 Å². The third-order valence-electron chi connectivity index (χ3n) is 3.94. The average Bonchev–Trinajstić information content (AvgIpc) is 2.40. The van der Waals surface area contributed by atoms with Crippen molar-refractivity contribution in [3.63, 3.8) is 0 Å². The van der Waals surface area contributed by atoms with Crippen molar-refractivity contribution in [2.45, 2.75) is 38.1 Å². The highest BCUT2D eigenvalue weighted by Gasteiger charge is 2.38. The van der Waals surface area contributed by atoms with Crippen molar-refractivity contribution in [1.82, 2.24) is 0 Å². The van der Waals surface area contributed by atoms with Gasteiger partial charge < -0.3 is 16.2 Å². The van der Waals surface area contributed by atoms with Gasteiger partial charge in [-0.05, 0) is 37.0 Å². The fraction of sp³-hybridized carbons (Fsp3) is 0.467. The summed E-state index contributed by atoms with van der Waals surface area (Å²) >= 11 is 0. The topological polar surface area (TPSA) is 92.4 Å². The van der Waals surface area contributed by atoms with Crippen LogP contribution in [0.4, 0.5) is 10.1 Å². The van der Waals surface area contributed by atoms with Gasteiger partial charge in [-0.3, -0.25) is 4.79 Å². The molecule has 0 bridgehead atoms.